The highest BCUT2D eigenvalue weighted by atomic mass is 16.7. The van der Waals surface area contributed by atoms with Crippen molar-refractivity contribution in [3.63, 3.8) is 0 Å². The number of rotatable bonds is 5. The molecule has 1 aromatic heterocycles. The van der Waals surface area contributed by atoms with Gasteiger partial charge in [-0.25, -0.2) is 4.79 Å². The number of aromatic nitrogens is 1. The lowest BCUT2D eigenvalue weighted by Crippen LogP contribution is -2.51. The number of oxime groups is 1. The molecule has 0 bridgehead atoms. The molecule has 1 aromatic carbocycles. The molecule has 0 radical (unpaired) electrons. The van der Waals surface area contributed by atoms with Crippen LogP contribution in [-0.4, -0.2) is 28.5 Å². The van der Waals surface area contributed by atoms with Crippen molar-refractivity contribution in [2.24, 2.45) is 45.4 Å². The van der Waals surface area contributed by atoms with Crippen molar-refractivity contribution in [1.29, 1.82) is 0 Å². The molecular weight excluding hydrogens is 474 g/mol. The van der Waals surface area contributed by atoms with Crippen LogP contribution in [0.3, 0.4) is 0 Å². The summed E-state index contributed by atoms with van der Waals surface area (Å²) in [5.74, 6) is 2.19. The molecule has 6 heteroatoms. The first kappa shape index (κ1) is 25.5. The average Bonchev–Trinajstić information content (AvgIpc) is 3.47. The molecule has 4 aliphatic rings. The lowest BCUT2D eigenvalue weighted by atomic mass is 9.46. The molecule has 0 saturated heterocycles. The number of Topliss-reactive ketones (excluding diaryl/α,β-unsaturated/α-hetero) is 1. The number of carbonyl (C=O) groups is 2. The van der Waals surface area contributed by atoms with Gasteiger partial charge in [0.15, 0.2) is 0 Å². The lowest BCUT2D eigenvalue weighted by Gasteiger charge is -2.58. The minimum Gasteiger partial charge on any atom is -0.361 e. The molecule has 1 heterocycles. The molecule has 3 N–H and O–H groups in total. The first-order chi connectivity index (χ1) is 18.2. The fourth-order valence-electron chi connectivity index (χ4n) is 9.10. The number of nitrogens with two attached hydrogens (primary N) is 1. The molecule has 6 rings (SSSR count). The lowest BCUT2D eigenvalue weighted by molar-refractivity contribution is -0.145. The highest BCUT2D eigenvalue weighted by Crippen LogP contribution is 2.66. The number of para-hydroxylation sites is 1. The summed E-state index contributed by atoms with van der Waals surface area (Å²) in [6, 6.07) is 7.23. The number of allylic oxidation sites excluding steroid dienone is 2. The fourth-order valence-corrected chi connectivity index (χ4v) is 9.10. The largest absolute Gasteiger partial charge is 0.361 e. The zero-order valence-corrected chi connectivity index (χ0v) is 23.0. The Morgan fingerprint density at radius 1 is 1.11 bits per heavy atom. The van der Waals surface area contributed by atoms with Crippen LogP contribution >= 0.6 is 0 Å². The third-order valence-electron chi connectivity index (χ3n) is 11.1. The number of hydrogen-bond acceptors (Lipinski definition) is 5. The van der Waals surface area contributed by atoms with Crippen LogP contribution in [0, 0.1) is 34.5 Å². The van der Waals surface area contributed by atoms with Gasteiger partial charge in [-0.2, -0.15) is 0 Å². The second-order valence-electron chi connectivity index (χ2n) is 13.0. The van der Waals surface area contributed by atoms with E-state index in [-0.39, 0.29) is 16.7 Å². The van der Waals surface area contributed by atoms with E-state index in [0.717, 1.165) is 47.9 Å². The van der Waals surface area contributed by atoms with E-state index in [4.69, 9.17) is 10.6 Å². The van der Waals surface area contributed by atoms with Crippen LogP contribution in [0.25, 0.3) is 10.9 Å². The zero-order valence-electron chi connectivity index (χ0n) is 23.0. The molecule has 7 atom stereocenters. The minimum absolute atomic E-state index is 0.174. The van der Waals surface area contributed by atoms with Gasteiger partial charge in [-0.15, -0.1) is 0 Å². The number of fused-ring (bicyclic) bond motifs is 6. The summed E-state index contributed by atoms with van der Waals surface area (Å²) in [6.45, 7) is 6.66. The summed E-state index contributed by atoms with van der Waals surface area (Å²) in [5, 5.41) is 5.36. The van der Waals surface area contributed by atoms with E-state index in [1.54, 1.807) is 6.92 Å². The van der Waals surface area contributed by atoms with Gasteiger partial charge in [-0.3, -0.25) is 4.79 Å². The van der Waals surface area contributed by atoms with Crippen LogP contribution in [0.1, 0.15) is 77.7 Å². The van der Waals surface area contributed by atoms with Crippen LogP contribution in [0.4, 0.5) is 0 Å². The van der Waals surface area contributed by atoms with Gasteiger partial charge in [-0.1, -0.05) is 42.8 Å². The Morgan fingerprint density at radius 2 is 1.92 bits per heavy atom. The predicted molar refractivity (Wildman–Crippen MR) is 149 cm³/mol. The molecule has 0 aliphatic heterocycles. The maximum Gasteiger partial charge on any atom is 0.351 e. The first-order valence-corrected chi connectivity index (χ1v) is 14.5. The van der Waals surface area contributed by atoms with Crippen molar-refractivity contribution in [3.05, 3.63) is 47.7 Å². The SMILES string of the molecule is CC(=O)[C@H]1CCC2C3CCC4=C/C(=N/OC(=O)[C@@H](N)Cc5c[nH]c6ccccc56)CC[C@]4(C)C3CC[C@@]21C. The predicted octanol–water partition coefficient (Wildman–Crippen LogP) is 6.10. The summed E-state index contributed by atoms with van der Waals surface area (Å²) < 4.78 is 0. The number of hydrogen-bond donors (Lipinski definition) is 2. The van der Waals surface area contributed by atoms with Gasteiger partial charge < -0.3 is 15.6 Å². The maximum absolute atomic E-state index is 12.7. The zero-order chi connectivity index (χ0) is 26.7. The van der Waals surface area contributed by atoms with Crippen LogP contribution in [0.5, 0.6) is 0 Å². The third-order valence-corrected chi connectivity index (χ3v) is 11.1. The van der Waals surface area contributed by atoms with Crippen LogP contribution in [0.15, 0.2) is 47.3 Å². The molecule has 0 spiro atoms. The number of ketones is 1. The number of nitrogens with one attached hydrogen (secondary N) is 1. The standard InChI is InChI=1S/C32H41N3O3/c1-19(36)25-10-11-26-24-9-8-21-17-22(12-14-31(21,2)27(24)13-15-32(25,26)3)35-38-30(37)28(33)16-20-18-34-29-7-5-4-6-23(20)29/h4-7,17-18,24-28,34H,8-16,33H2,1-3H3/b35-22+/t24?,25-,26?,27?,28+,31+,32-/m1/s1. The Hall–Kier alpha value is -2.73. The summed E-state index contributed by atoms with van der Waals surface area (Å²) in [4.78, 5) is 33.7. The summed E-state index contributed by atoms with van der Waals surface area (Å²) in [7, 11) is 0. The summed E-state index contributed by atoms with van der Waals surface area (Å²) in [5.41, 5.74) is 10.9. The topological polar surface area (TPSA) is 97.5 Å². The average molecular weight is 516 g/mol. The highest BCUT2D eigenvalue weighted by molar-refractivity contribution is 5.97. The molecule has 3 fully saturated rings. The van der Waals surface area contributed by atoms with Crippen molar-refractivity contribution in [1.82, 2.24) is 4.98 Å². The molecule has 4 aliphatic carbocycles. The second kappa shape index (κ2) is 9.48. The van der Waals surface area contributed by atoms with Gasteiger partial charge in [0.05, 0.1) is 5.71 Å². The van der Waals surface area contributed by atoms with E-state index >= 15 is 0 Å². The monoisotopic (exact) mass is 515 g/mol. The van der Waals surface area contributed by atoms with Gasteiger partial charge in [0, 0.05) is 29.4 Å². The Labute approximate surface area is 225 Å². The van der Waals surface area contributed by atoms with Gasteiger partial charge in [0.25, 0.3) is 0 Å². The Morgan fingerprint density at radius 3 is 2.74 bits per heavy atom. The van der Waals surface area contributed by atoms with E-state index < -0.39 is 12.0 Å². The molecule has 3 saturated carbocycles. The van der Waals surface area contributed by atoms with Crippen molar-refractivity contribution in [2.45, 2.75) is 84.6 Å². The van der Waals surface area contributed by atoms with E-state index in [2.05, 4.69) is 30.1 Å². The summed E-state index contributed by atoms with van der Waals surface area (Å²) in [6.07, 6.45) is 13.3. The number of nitrogens with zero attached hydrogens (tertiary/aromatic N) is 1. The van der Waals surface area contributed by atoms with Crippen molar-refractivity contribution >= 4 is 28.4 Å². The van der Waals surface area contributed by atoms with E-state index in [1.807, 2.05) is 30.5 Å². The Kier molecular flexibility index (Phi) is 6.37. The molecular formula is C32H41N3O3. The molecule has 38 heavy (non-hydrogen) atoms. The van der Waals surface area contributed by atoms with Crippen molar-refractivity contribution in [2.75, 3.05) is 0 Å². The van der Waals surface area contributed by atoms with Crippen LogP contribution < -0.4 is 5.73 Å². The number of aromatic amines is 1. The Bertz CT molecular complexity index is 1320. The minimum atomic E-state index is -0.766. The normalized spacial score (nSPS) is 36.2. The first-order valence-electron chi connectivity index (χ1n) is 14.5. The second-order valence-corrected chi connectivity index (χ2v) is 13.0. The van der Waals surface area contributed by atoms with Gasteiger partial charge >= 0.3 is 5.97 Å². The maximum atomic E-state index is 12.7. The quantitative estimate of drug-likeness (QED) is 0.371. The van der Waals surface area contributed by atoms with Gasteiger partial charge in [0.1, 0.15) is 11.8 Å². The molecule has 6 nitrogen and oxygen atoms in total. The van der Waals surface area contributed by atoms with Gasteiger partial charge in [-0.05, 0) is 105 Å². The van der Waals surface area contributed by atoms with Crippen molar-refractivity contribution in [3.8, 4) is 0 Å². The fraction of sp³-hybridized carbons (Fsp3) is 0.594. The van der Waals surface area contributed by atoms with Crippen LogP contribution in [-0.2, 0) is 20.8 Å². The molecule has 2 aromatic rings. The highest BCUT2D eigenvalue weighted by Gasteiger charge is 2.59. The molecule has 202 valence electrons. The van der Waals surface area contributed by atoms with E-state index in [0.29, 0.717) is 30.0 Å². The van der Waals surface area contributed by atoms with E-state index in [1.165, 1.54) is 31.3 Å². The number of carbonyl (C=O) groups excluding carboxylic acids is 2. The van der Waals surface area contributed by atoms with E-state index in [9.17, 15) is 9.59 Å². The van der Waals surface area contributed by atoms with Crippen molar-refractivity contribution < 1.29 is 14.4 Å². The molecule has 3 unspecified atom stereocenters. The van der Waals surface area contributed by atoms with Gasteiger partial charge in [0.2, 0.25) is 0 Å². The third kappa shape index (κ3) is 4.07. The Balaban J connectivity index is 1.13. The van der Waals surface area contributed by atoms with Crippen LogP contribution in [0.2, 0.25) is 0 Å². The number of H-pyrrole nitrogens is 1. The smallest absolute Gasteiger partial charge is 0.351 e. The molecule has 0 amide bonds. The number of benzene rings is 1. The summed E-state index contributed by atoms with van der Waals surface area (Å²) >= 11 is 0.